The molecule has 9 heteroatoms. The van der Waals surface area contributed by atoms with Crippen LogP contribution in [0.15, 0.2) is 24.4 Å². The monoisotopic (exact) mass is 344 g/mol. The number of hydrogen-bond donors (Lipinski definition) is 1. The summed E-state index contributed by atoms with van der Waals surface area (Å²) in [7, 11) is 0. The first-order chi connectivity index (χ1) is 12.0. The second kappa shape index (κ2) is 5.47. The Labute approximate surface area is 142 Å². The maximum Gasteiger partial charge on any atom is 0.301 e. The Balaban J connectivity index is 1.88. The molecule has 0 aliphatic carbocycles. The minimum atomic E-state index is -1.43. The van der Waals surface area contributed by atoms with Gasteiger partial charge in [0.1, 0.15) is 5.82 Å². The molecule has 2 aromatic rings. The van der Waals surface area contributed by atoms with Gasteiger partial charge < -0.3 is 14.8 Å². The van der Waals surface area contributed by atoms with E-state index in [0.29, 0.717) is 28.4 Å². The standard InChI is InChI=1S/C16H16N4O5/c1-8(2)19-15-10(6-17-19)13(14(20(22)23)16(21)18-15)9-3-4-11-12(5-9)25-7-24-11/h3-6,8,13-14H,7H2,1-2H3,(H,18,21)/t13-,14+/m1/s1. The Bertz CT molecular complexity index is 875. The smallest absolute Gasteiger partial charge is 0.301 e. The number of amides is 1. The van der Waals surface area contributed by atoms with Crippen molar-refractivity contribution in [3.05, 3.63) is 45.6 Å². The SMILES string of the molecule is CC(C)n1ncc2c1NC(=O)[C@@H]([N+](=O)[O-])[C@@H]2c1ccc2c(c1)OCO2. The summed E-state index contributed by atoms with van der Waals surface area (Å²) in [6.45, 7) is 3.96. The molecule has 1 aromatic heterocycles. The van der Waals surface area contributed by atoms with E-state index in [1.54, 1.807) is 29.1 Å². The van der Waals surface area contributed by atoms with Crippen molar-refractivity contribution in [2.24, 2.45) is 0 Å². The zero-order valence-electron chi connectivity index (χ0n) is 13.6. The molecule has 1 N–H and O–H groups in total. The van der Waals surface area contributed by atoms with Crippen molar-refractivity contribution >= 4 is 11.7 Å². The van der Waals surface area contributed by atoms with Crippen LogP contribution in [0, 0.1) is 10.1 Å². The average Bonchev–Trinajstić information content (AvgIpc) is 3.18. The van der Waals surface area contributed by atoms with E-state index >= 15 is 0 Å². The van der Waals surface area contributed by atoms with E-state index in [9.17, 15) is 14.9 Å². The van der Waals surface area contributed by atoms with Crippen LogP contribution in [0.25, 0.3) is 0 Å². The fourth-order valence-electron chi connectivity index (χ4n) is 3.32. The number of ether oxygens (including phenoxy) is 2. The van der Waals surface area contributed by atoms with Gasteiger partial charge >= 0.3 is 11.9 Å². The number of benzene rings is 1. The molecule has 0 fully saturated rings. The maximum atomic E-state index is 12.4. The normalized spacial score (nSPS) is 21.2. The number of anilines is 1. The van der Waals surface area contributed by atoms with Gasteiger partial charge in [0.05, 0.1) is 12.1 Å². The Morgan fingerprint density at radius 3 is 2.84 bits per heavy atom. The van der Waals surface area contributed by atoms with Crippen molar-refractivity contribution in [1.82, 2.24) is 9.78 Å². The Morgan fingerprint density at radius 2 is 2.12 bits per heavy atom. The number of nitrogens with one attached hydrogen (secondary N) is 1. The van der Waals surface area contributed by atoms with E-state index < -0.39 is 22.8 Å². The molecular formula is C16H16N4O5. The van der Waals surface area contributed by atoms with Gasteiger partial charge in [-0.05, 0) is 31.5 Å². The molecule has 0 unspecified atom stereocenters. The molecule has 0 saturated carbocycles. The highest BCUT2D eigenvalue weighted by Crippen LogP contribution is 2.42. The molecule has 25 heavy (non-hydrogen) atoms. The third kappa shape index (κ3) is 2.31. The van der Waals surface area contributed by atoms with Crippen LogP contribution in [0.1, 0.15) is 36.9 Å². The van der Waals surface area contributed by atoms with Gasteiger partial charge in [-0.3, -0.25) is 14.9 Å². The second-order valence-electron chi connectivity index (χ2n) is 6.30. The Morgan fingerprint density at radius 1 is 1.36 bits per heavy atom. The van der Waals surface area contributed by atoms with Crippen LogP contribution < -0.4 is 14.8 Å². The predicted molar refractivity (Wildman–Crippen MR) is 86.4 cm³/mol. The van der Waals surface area contributed by atoms with Crippen LogP contribution in [-0.4, -0.2) is 33.4 Å². The second-order valence-corrected chi connectivity index (χ2v) is 6.30. The highest BCUT2D eigenvalue weighted by molar-refractivity contribution is 5.98. The van der Waals surface area contributed by atoms with Gasteiger partial charge in [-0.15, -0.1) is 0 Å². The summed E-state index contributed by atoms with van der Waals surface area (Å²) >= 11 is 0. The molecule has 0 saturated heterocycles. The van der Waals surface area contributed by atoms with Gasteiger partial charge in [-0.1, -0.05) is 6.07 Å². The molecule has 2 atom stereocenters. The zero-order valence-corrected chi connectivity index (χ0v) is 13.6. The van der Waals surface area contributed by atoms with Gasteiger partial charge in [0.15, 0.2) is 11.5 Å². The van der Waals surface area contributed by atoms with Crippen molar-refractivity contribution < 1.29 is 19.2 Å². The fraction of sp³-hybridized carbons (Fsp3) is 0.375. The lowest BCUT2D eigenvalue weighted by Crippen LogP contribution is -2.44. The summed E-state index contributed by atoms with van der Waals surface area (Å²) in [5.41, 5.74) is 1.24. The van der Waals surface area contributed by atoms with E-state index in [2.05, 4.69) is 10.4 Å². The largest absolute Gasteiger partial charge is 0.454 e. The van der Waals surface area contributed by atoms with Crippen LogP contribution >= 0.6 is 0 Å². The third-order valence-corrected chi connectivity index (χ3v) is 4.46. The number of carbonyl (C=O) groups is 1. The van der Waals surface area contributed by atoms with E-state index in [4.69, 9.17) is 9.47 Å². The van der Waals surface area contributed by atoms with E-state index in [1.165, 1.54) is 0 Å². The number of hydrogen-bond acceptors (Lipinski definition) is 6. The van der Waals surface area contributed by atoms with Crippen LogP contribution in [0.2, 0.25) is 0 Å². The number of nitro groups is 1. The molecule has 9 nitrogen and oxygen atoms in total. The lowest BCUT2D eigenvalue weighted by Gasteiger charge is -2.27. The molecule has 4 rings (SSSR count). The van der Waals surface area contributed by atoms with Gasteiger partial charge in [0, 0.05) is 16.5 Å². The summed E-state index contributed by atoms with van der Waals surface area (Å²) < 4.78 is 12.3. The van der Waals surface area contributed by atoms with Crippen molar-refractivity contribution in [2.45, 2.75) is 31.8 Å². The molecular weight excluding hydrogens is 328 g/mol. The molecule has 3 heterocycles. The first-order valence-electron chi connectivity index (χ1n) is 7.88. The number of nitrogens with zero attached hydrogens (tertiary/aromatic N) is 3. The number of rotatable bonds is 3. The zero-order chi connectivity index (χ0) is 17.7. The maximum absolute atomic E-state index is 12.4. The summed E-state index contributed by atoms with van der Waals surface area (Å²) in [6.07, 6.45) is 1.58. The summed E-state index contributed by atoms with van der Waals surface area (Å²) in [5.74, 6) is 0.201. The minimum Gasteiger partial charge on any atom is -0.454 e. The molecule has 2 aliphatic rings. The molecule has 2 aliphatic heterocycles. The number of carbonyl (C=O) groups excluding carboxylic acids is 1. The highest BCUT2D eigenvalue weighted by Gasteiger charge is 2.47. The van der Waals surface area contributed by atoms with Crippen LogP contribution in [-0.2, 0) is 4.79 Å². The molecule has 1 amide bonds. The lowest BCUT2D eigenvalue weighted by molar-refractivity contribution is -0.509. The topological polar surface area (TPSA) is 109 Å². The molecule has 130 valence electrons. The molecule has 1 aromatic carbocycles. The van der Waals surface area contributed by atoms with E-state index in [0.717, 1.165) is 0 Å². The van der Waals surface area contributed by atoms with E-state index in [-0.39, 0.29) is 12.8 Å². The fourth-order valence-corrected chi connectivity index (χ4v) is 3.32. The van der Waals surface area contributed by atoms with Gasteiger partial charge in [0.2, 0.25) is 6.79 Å². The van der Waals surface area contributed by atoms with Crippen LogP contribution in [0.5, 0.6) is 11.5 Å². The van der Waals surface area contributed by atoms with Crippen LogP contribution in [0.4, 0.5) is 5.82 Å². The Kier molecular flexibility index (Phi) is 3.38. The molecule has 0 bridgehead atoms. The first-order valence-corrected chi connectivity index (χ1v) is 7.88. The quantitative estimate of drug-likeness (QED) is 0.673. The van der Waals surface area contributed by atoms with Crippen molar-refractivity contribution in [2.75, 3.05) is 12.1 Å². The van der Waals surface area contributed by atoms with Gasteiger partial charge in [-0.2, -0.15) is 5.10 Å². The minimum absolute atomic E-state index is 0.00797. The molecule has 0 spiro atoms. The molecule has 0 radical (unpaired) electrons. The van der Waals surface area contributed by atoms with Crippen molar-refractivity contribution in [3.63, 3.8) is 0 Å². The lowest BCUT2D eigenvalue weighted by atomic mass is 9.83. The van der Waals surface area contributed by atoms with Gasteiger partial charge in [0.25, 0.3) is 0 Å². The van der Waals surface area contributed by atoms with Crippen molar-refractivity contribution in [3.8, 4) is 11.5 Å². The Hall–Kier alpha value is -3.10. The summed E-state index contributed by atoms with van der Waals surface area (Å²) in [6, 6.07) is 3.70. The predicted octanol–water partition coefficient (Wildman–Crippen LogP) is 1.92. The van der Waals surface area contributed by atoms with Crippen molar-refractivity contribution in [1.29, 1.82) is 0 Å². The number of fused-ring (bicyclic) bond motifs is 2. The third-order valence-electron chi connectivity index (χ3n) is 4.46. The number of aromatic nitrogens is 2. The van der Waals surface area contributed by atoms with E-state index in [1.807, 2.05) is 13.8 Å². The first kappa shape index (κ1) is 15.4. The van der Waals surface area contributed by atoms with Gasteiger partial charge in [-0.25, -0.2) is 4.68 Å². The highest BCUT2D eigenvalue weighted by atomic mass is 16.7. The summed E-state index contributed by atoms with van der Waals surface area (Å²) in [4.78, 5) is 23.5. The average molecular weight is 344 g/mol. The summed E-state index contributed by atoms with van der Waals surface area (Å²) in [5, 5.41) is 18.5. The van der Waals surface area contributed by atoms with Crippen LogP contribution in [0.3, 0.4) is 0 Å².